The minimum atomic E-state index is -0.345. The van der Waals surface area contributed by atoms with Crippen LogP contribution in [0.15, 0.2) is 78.9 Å². The number of halogens is 1. The van der Waals surface area contributed by atoms with Gasteiger partial charge in [-0.15, -0.1) is 0 Å². The molecule has 3 rings (SSSR count). The minimum Gasteiger partial charge on any atom is -0.348 e. The molecule has 124 valence electrons. The van der Waals surface area contributed by atoms with Crippen molar-refractivity contribution in [3.63, 3.8) is 0 Å². The van der Waals surface area contributed by atoms with Gasteiger partial charge < -0.3 is 5.32 Å². The third-order valence-electron chi connectivity index (χ3n) is 3.77. The number of rotatable bonds is 5. The Morgan fingerprint density at radius 1 is 0.760 bits per heavy atom. The molecule has 4 heteroatoms. The molecule has 0 aliphatic rings. The summed E-state index contributed by atoms with van der Waals surface area (Å²) in [5, 5.41) is 2.73. The number of hydrogen-bond acceptors (Lipinski definition) is 2. The Kier molecular flexibility index (Phi) is 5.00. The summed E-state index contributed by atoms with van der Waals surface area (Å²) in [6.45, 7) is 0.216. The van der Waals surface area contributed by atoms with E-state index < -0.39 is 0 Å². The number of amides is 1. The Bertz CT molecular complexity index is 907. The van der Waals surface area contributed by atoms with Gasteiger partial charge in [-0.1, -0.05) is 54.6 Å². The average molecular weight is 333 g/mol. The van der Waals surface area contributed by atoms with Crippen molar-refractivity contribution < 1.29 is 14.0 Å². The van der Waals surface area contributed by atoms with E-state index in [0.717, 1.165) is 0 Å². The molecule has 3 nitrogen and oxygen atoms in total. The van der Waals surface area contributed by atoms with Crippen LogP contribution in [0.3, 0.4) is 0 Å². The molecule has 0 unspecified atom stereocenters. The van der Waals surface area contributed by atoms with Gasteiger partial charge in [-0.25, -0.2) is 4.39 Å². The lowest BCUT2D eigenvalue weighted by Crippen LogP contribution is -2.23. The first-order valence-corrected chi connectivity index (χ1v) is 7.86. The van der Waals surface area contributed by atoms with Crippen LogP contribution < -0.4 is 5.32 Å². The Morgan fingerprint density at radius 3 is 2.20 bits per heavy atom. The van der Waals surface area contributed by atoms with Crippen molar-refractivity contribution in [1.82, 2.24) is 5.32 Å². The molecule has 0 aliphatic carbocycles. The van der Waals surface area contributed by atoms with E-state index in [2.05, 4.69) is 5.32 Å². The number of hydrogen-bond donors (Lipinski definition) is 1. The van der Waals surface area contributed by atoms with Gasteiger partial charge in [0.15, 0.2) is 5.78 Å². The second-order valence-corrected chi connectivity index (χ2v) is 5.59. The van der Waals surface area contributed by atoms with Crippen LogP contribution in [0, 0.1) is 5.82 Å². The SMILES string of the molecule is O=C(NCc1cccc(F)c1)c1cccc(C(=O)c2ccccc2)c1. The lowest BCUT2D eigenvalue weighted by atomic mass is 10.0. The molecule has 25 heavy (non-hydrogen) atoms. The van der Waals surface area contributed by atoms with Crippen molar-refractivity contribution in [3.05, 3.63) is 107 Å². The van der Waals surface area contributed by atoms with Gasteiger partial charge in [0.25, 0.3) is 5.91 Å². The molecule has 0 fully saturated rings. The van der Waals surface area contributed by atoms with E-state index in [1.165, 1.54) is 12.1 Å². The van der Waals surface area contributed by atoms with Crippen molar-refractivity contribution in [2.45, 2.75) is 6.54 Å². The topological polar surface area (TPSA) is 46.2 Å². The van der Waals surface area contributed by atoms with Crippen LogP contribution in [-0.2, 0) is 6.54 Å². The Morgan fingerprint density at radius 2 is 1.44 bits per heavy atom. The van der Waals surface area contributed by atoms with Gasteiger partial charge in [0, 0.05) is 23.2 Å². The summed E-state index contributed by atoms with van der Waals surface area (Å²) >= 11 is 0. The van der Waals surface area contributed by atoms with Crippen molar-refractivity contribution in [1.29, 1.82) is 0 Å². The molecule has 1 amide bonds. The van der Waals surface area contributed by atoms with Gasteiger partial charge >= 0.3 is 0 Å². The van der Waals surface area contributed by atoms with Crippen LogP contribution in [0.5, 0.6) is 0 Å². The molecule has 0 spiro atoms. The van der Waals surface area contributed by atoms with E-state index >= 15 is 0 Å². The Hall–Kier alpha value is -3.27. The lowest BCUT2D eigenvalue weighted by molar-refractivity contribution is 0.0951. The summed E-state index contributed by atoms with van der Waals surface area (Å²) in [6, 6.07) is 21.5. The highest BCUT2D eigenvalue weighted by Crippen LogP contribution is 2.12. The highest BCUT2D eigenvalue weighted by Gasteiger charge is 2.12. The summed E-state index contributed by atoms with van der Waals surface area (Å²) in [7, 11) is 0. The first kappa shape index (κ1) is 16.6. The van der Waals surface area contributed by atoms with Crippen LogP contribution in [0.1, 0.15) is 31.8 Å². The normalized spacial score (nSPS) is 10.3. The van der Waals surface area contributed by atoms with Crippen molar-refractivity contribution >= 4 is 11.7 Å². The van der Waals surface area contributed by atoms with E-state index in [9.17, 15) is 14.0 Å². The summed E-state index contributed by atoms with van der Waals surface area (Å²) in [5.74, 6) is -0.797. The number of nitrogens with one attached hydrogen (secondary N) is 1. The van der Waals surface area contributed by atoms with E-state index in [-0.39, 0.29) is 24.1 Å². The number of ketones is 1. The van der Waals surface area contributed by atoms with Crippen LogP contribution in [0.25, 0.3) is 0 Å². The van der Waals surface area contributed by atoms with E-state index in [1.54, 1.807) is 60.7 Å². The van der Waals surface area contributed by atoms with Gasteiger partial charge in [-0.2, -0.15) is 0 Å². The Balaban J connectivity index is 1.72. The predicted octanol–water partition coefficient (Wildman–Crippen LogP) is 3.99. The Labute approximate surface area is 145 Å². The molecule has 0 heterocycles. The second kappa shape index (κ2) is 7.53. The molecule has 0 radical (unpaired) electrons. The molecule has 3 aromatic rings. The molecule has 0 aliphatic heterocycles. The third kappa shape index (κ3) is 4.18. The zero-order chi connectivity index (χ0) is 17.6. The summed E-state index contributed by atoms with van der Waals surface area (Å²) < 4.78 is 13.2. The summed E-state index contributed by atoms with van der Waals surface area (Å²) in [6.07, 6.45) is 0. The first-order valence-electron chi connectivity index (χ1n) is 7.86. The van der Waals surface area contributed by atoms with Gasteiger partial charge in [-0.05, 0) is 29.8 Å². The van der Waals surface area contributed by atoms with Crippen LogP contribution in [0.4, 0.5) is 4.39 Å². The largest absolute Gasteiger partial charge is 0.348 e. The fourth-order valence-electron chi connectivity index (χ4n) is 2.49. The monoisotopic (exact) mass is 333 g/mol. The average Bonchev–Trinajstić information content (AvgIpc) is 2.66. The van der Waals surface area contributed by atoms with E-state index in [4.69, 9.17) is 0 Å². The molecule has 0 atom stereocenters. The highest BCUT2D eigenvalue weighted by molar-refractivity contribution is 6.10. The van der Waals surface area contributed by atoms with Gasteiger partial charge in [0.1, 0.15) is 5.82 Å². The van der Waals surface area contributed by atoms with Crippen LogP contribution >= 0.6 is 0 Å². The van der Waals surface area contributed by atoms with Crippen molar-refractivity contribution in [3.8, 4) is 0 Å². The van der Waals surface area contributed by atoms with Gasteiger partial charge in [0.2, 0.25) is 0 Å². The molecule has 0 aromatic heterocycles. The maximum atomic E-state index is 13.2. The second-order valence-electron chi connectivity index (χ2n) is 5.59. The number of carbonyl (C=O) groups excluding carboxylic acids is 2. The molecule has 3 aromatic carbocycles. The molecular formula is C21H16FNO2. The fraction of sp³-hybridized carbons (Fsp3) is 0.0476. The minimum absolute atomic E-state index is 0.139. The maximum Gasteiger partial charge on any atom is 0.251 e. The van der Waals surface area contributed by atoms with Gasteiger partial charge in [0.05, 0.1) is 0 Å². The molecule has 0 saturated carbocycles. The summed E-state index contributed by atoms with van der Waals surface area (Å²) in [4.78, 5) is 24.8. The van der Waals surface area contributed by atoms with E-state index in [0.29, 0.717) is 22.3 Å². The smallest absolute Gasteiger partial charge is 0.251 e. The maximum absolute atomic E-state index is 13.2. The molecular weight excluding hydrogens is 317 g/mol. The molecule has 0 bridgehead atoms. The van der Waals surface area contributed by atoms with Crippen LogP contribution in [-0.4, -0.2) is 11.7 Å². The third-order valence-corrected chi connectivity index (χ3v) is 3.77. The lowest BCUT2D eigenvalue weighted by Gasteiger charge is -2.07. The predicted molar refractivity (Wildman–Crippen MR) is 93.9 cm³/mol. The van der Waals surface area contributed by atoms with Gasteiger partial charge in [-0.3, -0.25) is 9.59 Å². The highest BCUT2D eigenvalue weighted by atomic mass is 19.1. The first-order chi connectivity index (χ1) is 12.1. The molecule has 1 N–H and O–H groups in total. The van der Waals surface area contributed by atoms with Crippen LogP contribution in [0.2, 0.25) is 0 Å². The number of benzene rings is 3. The quantitative estimate of drug-likeness (QED) is 0.718. The molecule has 0 saturated heterocycles. The zero-order valence-corrected chi connectivity index (χ0v) is 13.4. The van der Waals surface area contributed by atoms with E-state index in [1.807, 2.05) is 6.07 Å². The fourth-order valence-corrected chi connectivity index (χ4v) is 2.49. The van der Waals surface area contributed by atoms with Crippen molar-refractivity contribution in [2.24, 2.45) is 0 Å². The van der Waals surface area contributed by atoms with Crippen molar-refractivity contribution in [2.75, 3.05) is 0 Å². The number of carbonyl (C=O) groups is 2. The zero-order valence-electron chi connectivity index (χ0n) is 13.4. The standard InChI is InChI=1S/C21H16FNO2/c22-19-11-4-6-15(12-19)14-23-21(25)18-10-5-9-17(13-18)20(24)16-7-2-1-3-8-16/h1-13H,14H2,(H,23,25). The summed E-state index contributed by atoms with van der Waals surface area (Å²) in [5.41, 5.74) is 2.08.